The Morgan fingerprint density at radius 1 is 1.05 bits per heavy atom. The van der Waals surface area contributed by atoms with Crippen molar-refractivity contribution in [2.75, 3.05) is 44.8 Å². The molecule has 2 saturated heterocycles. The van der Waals surface area contributed by atoms with Gasteiger partial charge in [0.05, 0.1) is 19.3 Å². The molecule has 2 aromatic rings. The van der Waals surface area contributed by atoms with Crippen molar-refractivity contribution in [1.29, 1.82) is 0 Å². The van der Waals surface area contributed by atoms with Crippen LogP contribution in [0, 0.1) is 0 Å². The molecule has 0 bridgehead atoms. The number of carbonyl (C=O) groups excluding carboxylic acids is 1. The topological polar surface area (TPSA) is 71.5 Å². The molecule has 2 aromatic carbocycles. The first kappa shape index (κ1) is 28.0. The zero-order valence-corrected chi connectivity index (χ0v) is 21.6. The predicted octanol–water partition coefficient (Wildman–Crippen LogP) is 4.87. The number of likely N-dealkylation sites (tertiary alicyclic amines) is 1. The normalized spacial score (nSPS) is 22.7. The van der Waals surface area contributed by atoms with E-state index >= 15 is 0 Å². The molecule has 0 amide bonds. The zero-order chi connectivity index (χ0) is 27.2. The van der Waals surface area contributed by atoms with Crippen molar-refractivity contribution in [2.45, 2.75) is 56.5 Å². The molecule has 0 aromatic heterocycles. The summed E-state index contributed by atoms with van der Waals surface area (Å²) < 4.78 is 55.2. The zero-order valence-electron chi connectivity index (χ0n) is 21.6. The number of nitrogens with zero attached hydrogens (tertiary/aromatic N) is 2. The molecule has 2 fully saturated rings. The van der Waals surface area contributed by atoms with Crippen LogP contribution in [0.25, 0.3) is 0 Å². The van der Waals surface area contributed by atoms with Gasteiger partial charge in [0.15, 0.2) is 6.23 Å². The summed E-state index contributed by atoms with van der Waals surface area (Å²) in [5.74, 6) is -1.13. The van der Waals surface area contributed by atoms with Crippen molar-refractivity contribution in [1.82, 2.24) is 4.90 Å². The highest BCUT2D eigenvalue weighted by atomic mass is 19.4. The maximum atomic E-state index is 13.1. The Morgan fingerprint density at radius 2 is 1.79 bits per heavy atom. The van der Waals surface area contributed by atoms with Crippen molar-refractivity contribution in [2.24, 2.45) is 0 Å². The molecular weight excluding hydrogens is 501 g/mol. The van der Waals surface area contributed by atoms with E-state index in [1.165, 1.54) is 26.4 Å². The van der Waals surface area contributed by atoms with Gasteiger partial charge in [0.25, 0.3) is 0 Å². The summed E-state index contributed by atoms with van der Waals surface area (Å²) in [4.78, 5) is 15.8. The lowest BCUT2D eigenvalue weighted by Crippen LogP contribution is -2.52. The maximum absolute atomic E-state index is 13.1. The van der Waals surface area contributed by atoms with Crippen molar-refractivity contribution < 1.29 is 37.3 Å². The minimum absolute atomic E-state index is 0.166. The number of ether oxygens (including phenoxy) is 3. The van der Waals surface area contributed by atoms with E-state index in [0.717, 1.165) is 26.1 Å². The summed E-state index contributed by atoms with van der Waals surface area (Å²) in [6.45, 7) is 4.00. The van der Waals surface area contributed by atoms with Crippen molar-refractivity contribution in [3.8, 4) is 11.5 Å². The van der Waals surface area contributed by atoms with Crippen LogP contribution in [0.15, 0.2) is 48.5 Å². The second kappa shape index (κ2) is 12.3. The minimum Gasteiger partial charge on any atom is -0.497 e. The number of alkyl halides is 3. The van der Waals surface area contributed by atoms with Gasteiger partial charge in [0, 0.05) is 25.2 Å². The van der Waals surface area contributed by atoms with Crippen LogP contribution in [0.1, 0.15) is 44.1 Å². The van der Waals surface area contributed by atoms with Gasteiger partial charge >= 0.3 is 12.1 Å². The molecule has 38 heavy (non-hydrogen) atoms. The molecule has 7 nitrogen and oxygen atoms in total. The predicted molar refractivity (Wildman–Crippen MR) is 136 cm³/mol. The van der Waals surface area contributed by atoms with Crippen LogP contribution in [0.2, 0.25) is 0 Å². The smallest absolute Gasteiger partial charge is 0.491 e. The summed E-state index contributed by atoms with van der Waals surface area (Å²) >= 11 is 0. The Morgan fingerprint density at radius 3 is 2.47 bits per heavy atom. The highest BCUT2D eigenvalue weighted by molar-refractivity contribution is 5.76. The molecule has 0 spiro atoms. The minimum atomic E-state index is -5.15. The van der Waals surface area contributed by atoms with Crippen molar-refractivity contribution >= 4 is 11.7 Å². The van der Waals surface area contributed by atoms with E-state index in [9.17, 15) is 23.1 Å². The molecule has 4 rings (SSSR count). The standard InChI is InChI=1S/C28H35F3N2O5/c1-36-24-8-5-7-21(19-24)27(35)13-17-33(25(20-27)38-26(34)28(29,30)31)22-9-11-23(12-10-22)37-18-6-16-32-14-3-2-4-15-32/h5,7-12,19,25,35H,2-4,6,13-18,20H2,1H3. The van der Waals surface area contributed by atoms with Gasteiger partial charge in [-0.25, -0.2) is 4.79 Å². The number of benzene rings is 2. The number of carbonyl (C=O) groups is 1. The number of esters is 1. The van der Waals surface area contributed by atoms with Crippen LogP contribution in [-0.4, -0.2) is 68.3 Å². The first-order valence-corrected chi connectivity index (χ1v) is 13.0. The van der Waals surface area contributed by atoms with E-state index in [-0.39, 0.29) is 19.4 Å². The molecule has 1 N–H and O–H groups in total. The number of rotatable bonds is 9. The Labute approximate surface area is 221 Å². The summed E-state index contributed by atoms with van der Waals surface area (Å²) in [7, 11) is 1.49. The average Bonchev–Trinajstić information content (AvgIpc) is 2.92. The van der Waals surface area contributed by atoms with Crippen LogP contribution in [0.3, 0.4) is 0 Å². The van der Waals surface area contributed by atoms with Gasteiger partial charge in [-0.1, -0.05) is 18.6 Å². The van der Waals surface area contributed by atoms with E-state index in [1.54, 1.807) is 53.4 Å². The van der Waals surface area contributed by atoms with Crippen LogP contribution >= 0.6 is 0 Å². The molecular formula is C28H35F3N2O5. The number of hydrogen-bond acceptors (Lipinski definition) is 7. The third-order valence-corrected chi connectivity index (χ3v) is 7.21. The van der Waals surface area contributed by atoms with E-state index in [1.807, 2.05) is 0 Å². The largest absolute Gasteiger partial charge is 0.497 e. The van der Waals surface area contributed by atoms with Gasteiger partial charge in [-0.3, -0.25) is 0 Å². The SMILES string of the molecule is COc1cccc(C2(O)CCN(c3ccc(OCCCN4CCCCC4)cc3)C(OC(=O)C(F)(F)F)C2)c1. The highest BCUT2D eigenvalue weighted by Gasteiger charge is 2.47. The fourth-order valence-corrected chi connectivity index (χ4v) is 5.11. The number of halogens is 3. The van der Waals surface area contributed by atoms with Crippen LogP contribution in [-0.2, 0) is 15.1 Å². The highest BCUT2D eigenvalue weighted by Crippen LogP contribution is 2.40. The lowest BCUT2D eigenvalue weighted by molar-refractivity contribution is -0.208. The van der Waals surface area contributed by atoms with Gasteiger partial charge in [-0.15, -0.1) is 0 Å². The summed E-state index contributed by atoms with van der Waals surface area (Å²) in [6.07, 6.45) is -1.80. The van der Waals surface area contributed by atoms with Gasteiger partial charge in [0.1, 0.15) is 11.5 Å². The van der Waals surface area contributed by atoms with Crippen molar-refractivity contribution in [3.05, 3.63) is 54.1 Å². The van der Waals surface area contributed by atoms with E-state index < -0.39 is 24.0 Å². The maximum Gasteiger partial charge on any atom is 0.491 e. The molecule has 0 aliphatic carbocycles. The van der Waals surface area contributed by atoms with E-state index in [2.05, 4.69) is 4.90 Å². The molecule has 0 radical (unpaired) electrons. The number of anilines is 1. The van der Waals surface area contributed by atoms with Crippen LogP contribution in [0.4, 0.5) is 18.9 Å². The number of piperidine rings is 2. The summed E-state index contributed by atoms with van der Waals surface area (Å²) in [5.41, 5.74) is -0.449. The van der Waals surface area contributed by atoms with Gasteiger partial charge in [-0.2, -0.15) is 13.2 Å². The first-order chi connectivity index (χ1) is 18.2. The van der Waals surface area contributed by atoms with Crippen molar-refractivity contribution in [3.63, 3.8) is 0 Å². The first-order valence-electron chi connectivity index (χ1n) is 13.0. The Kier molecular flexibility index (Phi) is 9.04. The molecule has 2 heterocycles. The average molecular weight is 537 g/mol. The Hall–Kier alpha value is -2.98. The second-order valence-corrected chi connectivity index (χ2v) is 9.87. The quantitative estimate of drug-likeness (QED) is 0.362. The van der Waals surface area contributed by atoms with Crippen LogP contribution in [0.5, 0.6) is 11.5 Å². The molecule has 2 atom stereocenters. The molecule has 2 aliphatic rings. The molecule has 208 valence electrons. The number of aliphatic hydroxyl groups is 1. The second-order valence-electron chi connectivity index (χ2n) is 9.87. The van der Waals surface area contributed by atoms with Gasteiger partial charge in [0.2, 0.25) is 0 Å². The summed E-state index contributed by atoms with van der Waals surface area (Å²) in [5, 5.41) is 11.4. The lowest BCUT2D eigenvalue weighted by atomic mass is 9.83. The van der Waals surface area contributed by atoms with Crippen LogP contribution < -0.4 is 14.4 Å². The van der Waals surface area contributed by atoms with Gasteiger partial charge in [-0.05, 0) is 80.7 Å². The fourth-order valence-electron chi connectivity index (χ4n) is 5.11. The van der Waals surface area contributed by atoms with E-state index in [4.69, 9.17) is 14.2 Å². The fraction of sp³-hybridized carbons (Fsp3) is 0.536. The van der Waals surface area contributed by atoms with Gasteiger partial charge < -0.3 is 29.1 Å². The number of hydrogen-bond donors (Lipinski definition) is 1. The Balaban J connectivity index is 1.43. The third kappa shape index (κ3) is 7.11. The molecule has 0 saturated carbocycles. The lowest BCUT2D eigenvalue weighted by Gasteiger charge is -2.44. The molecule has 2 unspecified atom stereocenters. The monoisotopic (exact) mass is 536 g/mol. The summed E-state index contributed by atoms with van der Waals surface area (Å²) in [6, 6.07) is 13.7. The Bertz CT molecular complexity index is 1060. The molecule has 10 heteroatoms. The van der Waals surface area contributed by atoms with E-state index in [0.29, 0.717) is 29.4 Å². The molecule has 2 aliphatic heterocycles. The third-order valence-electron chi connectivity index (χ3n) is 7.21. The number of methoxy groups -OCH3 is 1.